The van der Waals surface area contributed by atoms with Crippen LogP contribution in [0.1, 0.15) is 32.1 Å². The van der Waals surface area contributed by atoms with Gasteiger partial charge in [0.2, 0.25) is 0 Å². The lowest BCUT2D eigenvalue weighted by molar-refractivity contribution is 0.0318. The van der Waals surface area contributed by atoms with Crippen LogP contribution in [-0.4, -0.2) is 38.9 Å². The summed E-state index contributed by atoms with van der Waals surface area (Å²) >= 11 is 0. The van der Waals surface area contributed by atoms with E-state index in [4.69, 9.17) is 4.74 Å². The van der Waals surface area contributed by atoms with E-state index in [0.29, 0.717) is 6.10 Å². The van der Waals surface area contributed by atoms with Gasteiger partial charge in [-0.25, -0.2) is 0 Å². The van der Waals surface area contributed by atoms with Crippen molar-refractivity contribution in [2.75, 3.05) is 32.8 Å². The van der Waals surface area contributed by atoms with Crippen molar-refractivity contribution in [3.05, 3.63) is 0 Å². The molecule has 3 heteroatoms. The Morgan fingerprint density at radius 2 is 1.93 bits per heavy atom. The normalized spacial score (nSPS) is 23.2. The van der Waals surface area contributed by atoms with Gasteiger partial charge in [-0.05, 0) is 64.2 Å². The van der Waals surface area contributed by atoms with Crippen LogP contribution in [0.3, 0.4) is 0 Å². The SMILES string of the molecule is C(CNCC1CC1)COC1CCNCC1. The monoisotopic (exact) mass is 212 g/mol. The maximum Gasteiger partial charge on any atom is 0.0599 e. The Kier molecular flexibility index (Phi) is 4.90. The molecule has 0 atom stereocenters. The molecule has 1 aliphatic carbocycles. The highest BCUT2D eigenvalue weighted by Crippen LogP contribution is 2.27. The average Bonchev–Trinajstić information content (AvgIpc) is 3.09. The first-order valence-corrected chi connectivity index (χ1v) is 6.48. The van der Waals surface area contributed by atoms with Gasteiger partial charge in [-0.15, -0.1) is 0 Å². The molecule has 1 saturated carbocycles. The van der Waals surface area contributed by atoms with Gasteiger partial charge >= 0.3 is 0 Å². The van der Waals surface area contributed by atoms with Crippen molar-refractivity contribution >= 4 is 0 Å². The highest BCUT2D eigenvalue weighted by molar-refractivity contribution is 4.75. The molecule has 2 fully saturated rings. The van der Waals surface area contributed by atoms with Gasteiger partial charge in [-0.1, -0.05) is 0 Å². The van der Waals surface area contributed by atoms with Crippen molar-refractivity contribution in [1.82, 2.24) is 10.6 Å². The van der Waals surface area contributed by atoms with Gasteiger partial charge in [0.1, 0.15) is 0 Å². The fourth-order valence-corrected chi connectivity index (χ4v) is 2.04. The number of hydrogen-bond acceptors (Lipinski definition) is 3. The Labute approximate surface area is 93.0 Å². The van der Waals surface area contributed by atoms with Crippen LogP contribution in [0.15, 0.2) is 0 Å². The van der Waals surface area contributed by atoms with Crippen LogP contribution in [-0.2, 0) is 4.74 Å². The number of nitrogens with one attached hydrogen (secondary N) is 2. The first-order valence-electron chi connectivity index (χ1n) is 6.48. The molecule has 0 amide bonds. The van der Waals surface area contributed by atoms with Crippen LogP contribution < -0.4 is 10.6 Å². The summed E-state index contributed by atoms with van der Waals surface area (Å²) < 4.78 is 5.83. The van der Waals surface area contributed by atoms with Crippen molar-refractivity contribution in [2.24, 2.45) is 5.92 Å². The summed E-state index contributed by atoms with van der Waals surface area (Å²) in [6, 6.07) is 0. The lowest BCUT2D eigenvalue weighted by atomic mass is 10.1. The van der Waals surface area contributed by atoms with Crippen LogP contribution in [0.4, 0.5) is 0 Å². The zero-order valence-electron chi connectivity index (χ0n) is 9.63. The Morgan fingerprint density at radius 1 is 1.13 bits per heavy atom. The van der Waals surface area contributed by atoms with Gasteiger partial charge in [-0.3, -0.25) is 0 Å². The molecule has 2 N–H and O–H groups in total. The average molecular weight is 212 g/mol. The summed E-state index contributed by atoms with van der Waals surface area (Å²) in [7, 11) is 0. The summed E-state index contributed by atoms with van der Waals surface area (Å²) in [6.07, 6.45) is 6.95. The molecule has 0 aromatic rings. The lowest BCUT2D eigenvalue weighted by Crippen LogP contribution is -2.33. The van der Waals surface area contributed by atoms with Crippen LogP contribution in [0.2, 0.25) is 0 Å². The van der Waals surface area contributed by atoms with E-state index < -0.39 is 0 Å². The number of piperidine rings is 1. The first-order chi connectivity index (χ1) is 7.45. The minimum absolute atomic E-state index is 0.523. The summed E-state index contributed by atoms with van der Waals surface area (Å²) in [5, 5.41) is 6.85. The lowest BCUT2D eigenvalue weighted by Gasteiger charge is -2.22. The van der Waals surface area contributed by atoms with Gasteiger partial charge in [-0.2, -0.15) is 0 Å². The second-order valence-corrected chi connectivity index (χ2v) is 4.82. The maximum atomic E-state index is 5.83. The molecule has 1 saturated heterocycles. The minimum atomic E-state index is 0.523. The highest BCUT2D eigenvalue weighted by Gasteiger charge is 2.19. The van der Waals surface area contributed by atoms with E-state index in [0.717, 1.165) is 38.6 Å². The van der Waals surface area contributed by atoms with Crippen molar-refractivity contribution < 1.29 is 4.74 Å². The molecular formula is C12H24N2O. The van der Waals surface area contributed by atoms with Crippen molar-refractivity contribution in [1.29, 1.82) is 0 Å². The Hall–Kier alpha value is -0.120. The molecule has 0 radical (unpaired) electrons. The first kappa shape index (κ1) is 11.4. The molecule has 2 aliphatic rings. The fraction of sp³-hybridized carbons (Fsp3) is 1.00. The van der Waals surface area contributed by atoms with E-state index in [1.165, 1.54) is 32.2 Å². The van der Waals surface area contributed by atoms with Crippen LogP contribution in [0.5, 0.6) is 0 Å². The zero-order chi connectivity index (χ0) is 10.3. The van der Waals surface area contributed by atoms with E-state index in [1.807, 2.05) is 0 Å². The smallest absolute Gasteiger partial charge is 0.0599 e. The van der Waals surface area contributed by atoms with Gasteiger partial charge in [0.05, 0.1) is 6.10 Å². The predicted octanol–water partition coefficient (Wildman–Crippen LogP) is 1.14. The summed E-state index contributed by atoms with van der Waals surface area (Å²) in [5.74, 6) is 0.996. The third kappa shape index (κ3) is 4.96. The van der Waals surface area contributed by atoms with E-state index in [-0.39, 0.29) is 0 Å². The standard InChI is InChI=1S/C12H24N2O/c1(6-14-10-11-2-3-11)9-15-12-4-7-13-8-5-12/h11-14H,1-10H2. The Balaban J connectivity index is 1.37. The van der Waals surface area contributed by atoms with E-state index in [2.05, 4.69) is 10.6 Å². The van der Waals surface area contributed by atoms with Crippen molar-refractivity contribution in [2.45, 2.75) is 38.2 Å². The molecule has 1 heterocycles. The molecule has 1 aliphatic heterocycles. The molecule has 2 rings (SSSR count). The third-order valence-electron chi connectivity index (χ3n) is 3.27. The second kappa shape index (κ2) is 6.46. The molecule has 0 bridgehead atoms. The number of ether oxygens (including phenoxy) is 1. The summed E-state index contributed by atoms with van der Waals surface area (Å²) in [6.45, 7) is 5.55. The van der Waals surface area contributed by atoms with E-state index in [9.17, 15) is 0 Å². The molecule has 15 heavy (non-hydrogen) atoms. The van der Waals surface area contributed by atoms with Crippen molar-refractivity contribution in [3.63, 3.8) is 0 Å². The molecule has 0 spiro atoms. The molecule has 0 aromatic heterocycles. The van der Waals surface area contributed by atoms with Gasteiger partial charge in [0, 0.05) is 6.61 Å². The summed E-state index contributed by atoms with van der Waals surface area (Å²) in [5.41, 5.74) is 0. The van der Waals surface area contributed by atoms with E-state index in [1.54, 1.807) is 0 Å². The quantitative estimate of drug-likeness (QED) is 0.621. The molecular weight excluding hydrogens is 188 g/mol. The largest absolute Gasteiger partial charge is 0.378 e. The van der Waals surface area contributed by atoms with Crippen LogP contribution >= 0.6 is 0 Å². The Bertz CT molecular complexity index is 165. The molecule has 3 nitrogen and oxygen atoms in total. The van der Waals surface area contributed by atoms with Crippen molar-refractivity contribution in [3.8, 4) is 0 Å². The van der Waals surface area contributed by atoms with E-state index >= 15 is 0 Å². The highest BCUT2D eigenvalue weighted by atomic mass is 16.5. The topological polar surface area (TPSA) is 33.3 Å². The van der Waals surface area contributed by atoms with Crippen LogP contribution in [0, 0.1) is 5.92 Å². The van der Waals surface area contributed by atoms with Gasteiger partial charge in [0.15, 0.2) is 0 Å². The maximum absolute atomic E-state index is 5.83. The summed E-state index contributed by atoms with van der Waals surface area (Å²) in [4.78, 5) is 0. The molecule has 0 aromatic carbocycles. The fourth-order valence-electron chi connectivity index (χ4n) is 2.04. The second-order valence-electron chi connectivity index (χ2n) is 4.82. The third-order valence-corrected chi connectivity index (χ3v) is 3.27. The van der Waals surface area contributed by atoms with Crippen LogP contribution in [0.25, 0.3) is 0 Å². The zero-order valence-corrected chi connectivity index (χ0v) is 9.63. The van der Waals surface area contributed by atoms with Gasteiger partial charge < -0.3 is 15.4 Å². The molecule has 0 unspecified atom stereocenters. The minimum Gasteiger partial charge on any atom is -0.378 e. The number of hydrogen-bond donors (Lipinski definition) is 2. The number of rotatable bonds is 7. The Morgan fingerprint density at radius 3 is 2.67 bits per heavy atom. The van der Waals surface area contributed by atoms with Gasteiger partial charge in [0.25, 0.3) is 0 Å². The predicted molar refractivity (Wildman–Crippen MR) is 62.1 cm³/mol. The molecule has 88 valence electrons.